The standard InChI is InChI=1S/C10H8Br2N4OS/c11-6-1-5(2-7(12)9(6)17)3-14-16-10-15-8(13)4-18-10/h1-4,17H,13H2,(H,15,16). The number of anilines is 2. The number of phenols is 1. The van der Waals surface area contributed by atoms with E-state index in [1.165, 1.54) is 11.3 Å². The SMILES string of the molecule is Nc1csc(NN=Cc2cc(Br)c(O)c(Br)c2)n1. The van der Waals surface area contributed by atoms with Crippen molar-refractivity contribution in [3.05, 3.63) is 32.0 Å². The van der Waals surface area contributed by atoms with Crippen LogP contribution in [0, 0.1) is 0 Å². The minimum atomic E-state index is 0.160. The van der Waals surface area contributed by atoms with E-state index in [0.717, 1.165) is 5.56 Å². The predicted octanol–water partition coefficient (Wildman–Crippen LogP) is 3.40. The largest absolute Gasteiger partial charge is 0.506 e. The molecule has 0 aliphatic carbocycles. The van der Waals surface area contributed by atoms with E-state index in [4.69, 9.17) is 5.73 Å². The number of aromatic hydroxyl groups is 1. The second kappa shape index (κ2) is 5.68. The van der Waals surface area contributed by atoms with Crippen LogP contribution in [0.4, 0.5) is 10.9 Å². The average molecular weight is 392 g/mol. The first kappa shape index (κ1) is 13.3. The zero-order valence-electron chi connectivity index (χ0n) is 8.89. The van der Waals surface area contributed by atoms with E-state index in [1.54, 1.807) is 23.7 Å². The lowest BCUT2D eigenvalue weighted by Crippen LogP contribution is -1.91. The molecule has 0 unspecified atom stereocenters. The fraction of sp³-hybridized carbons (Fsp3) is 0. The van der Waals surface area contributed by atoms with Crippen LogP contribution >= 0.6 is 43.2 Å². The van der Waals surface area contributed by atoms with Gasteiger partial charge in [0.1, 0.15) is 11.6 Å². The van der Waals surface area contributed by atoms with Crippen molar-refractivity contribution in [3.63, 3.8) is 0 Å². The van der Waals surface area contributed by atoms with E-state index in [-0.39, 0.29) is 5.75 Å². The normalized spacial score (nSPS) is 11.0. The number of nitrogen functional groups attached to an aromatic ring is 1. The Morgan fingerprint density at radius 3 is 2.61 bits per heavy atom. The zero-order valence-corrected chi connectivity index (χ0v) is 12.9. The van der Waals surface area contributed by atoms with Crippen LogP contribution in [0.1, 0.15) is 5.56 Å². The summed E-state index contributed by atoms with van der Waals surface area (Å²) in [6.45, 7) is 0. The average Bonchev–Trinajstić information content (AvgIpc) is 2.72. The molecule has 0 aliphatic rings. The van der Waals surface area contributed by atoms with Crippen LogP contribution in [0.3, 0.4) is 0 Å². The summed E-state index contributed by atoms with van der Waals surface area (Å²) in [5, 5.41) is 15.9. The van der Waals surface area contributed by atoms with Crippen LogP contribution in [-0.2, 0) is 0 Å². The minimum Gasteiger partial charge on any atom is -0.506 e. The summed E-state index contributed by atoms with van der Waals surface area (Å²) in [5.74, 6) is 0.626. The molecule has 4 N–H and O–H groups in total. The van der Waals surface area contributed by atoms with E-state index in [9.17, 15) is 5.11 Å². The maximum Gasteiger partial charge on any atom is 0.205 e. The minimum absolute atomic E-state index is 0.160. The molecule has 0 amide bonds. The first-order valence-electron chi connectivity index (χ1n) is 4.74. The van der Waals surface area contributed by atoms with Gasteiger partial charge in [-0.2, -0.15) is 5.10 Å². The monoisotopic (exact) mass is 390 g/mol. The summed E-state index contributed by atoms with van der Waals surface area (Å²) < 4.78 is 1.19. The summed E-state index contributed by atoms with van der Waals surface area (Å²) in [6.07, 6.45) is 1.62. The van der Waals surface area contributed by atoms with Gasteiger partial charge in [-0.05, 0) is 49.6 Å². The molecule has 2 rings (SSSR count). The van der Waals surface area contributed by atoms with Crippen LogP contribution in [0.5, 0.6) is 5.75 Å². The Morgan fingerprint density at radius 1 is 1.39 bits per heavy atom. The number of aromatic nitrogens is 1. The highest BCUT2D eigenvalue weighted by Gasteiger charge is 2.04. The van der Waals surface area contributed by atoms with Crippen LogP contribution in [-0.4, -0.2) is 16.3 Å². The predicted molar refractivity (Wildman–Crippen MR) is 81.2 cm³/mol. The van der Waals surface area contributed by atoms with Crippen LogP contribution in [0.25, 0.3) is 0 Å². The molecule has 0 saturated heterocycles. The Labute approximate surface area is 124 Å². The maximum absolute atomic E-state index is 9.56. The Morgan fingerprint density at radius 2 is 2.06 bits per heavy atom. The lowest BCUT2D eigenvalue weighted by atomic mass is 10.2. The van der Waals surface area contributed by atoms with Gasteiger partial charge in [0.05, 0.1) is 15.2 Å². The quantitative estimate of drug-likeness (QED) is 0.553. The maximum atomic E-state index is 9.56. The second-order valence-corrected chi connectivity index (χ2v) is 5.85. The molecule has 1 aromatic heterocycles. The Hall–Kier alpha value is -1.12. The third-order valence-corrected chi connectivity index (χ3v) is 3.91. The van der Waals surface area contributed by atoms with Gasteiger partial charge in [-0.3, -0.25) is 5.43 Å². The van der Waals surface area contributed by atoms with Crippen molar-refractivity contribution in [1.29, 1.82) is 0 Å². The molecule has 5 nitrogen and oxygen atoms in total. The molecular weight excluding hydrogens is 384 g/mol. The van der Waals surface area contributed by atoms with Crippen LogP contribution in [0.2, 0.25) is 0 Å². The smallest absolute Gasteiger partial charge is 0.205 e. The van der Waals surface area contributed by atoms with Crippen molar-refractivity contribution in [1.82, 2.24) is 4.98 Å². The number of hydrogen-bond acceptors (Lipinski definition) is 6. The van der Waals surface area contributed by atoms with E-state index < -0.39 is 0 Å². The van der Waals surface area contributed by atoms with Gasteiger partial charge in [-0.15, -0.1) is 11.3 Å². The van der Waals surface area contributed by atoms with Gasteiger partial charge < -0.3 is 10.8 Å². The van der Waals surface area contributed by atoms with Crippen molar-refractivity contribution in [2.75, 3.05) is 11.2 Å². The Balaban J connectivity index is 2.09. The summed E-state index contributed by atoms with van der Waals surface area (Å²) in [6, 6.07) is 3.50. The van der Waals surface area contributed by atoms with Gasteiger partial charge in [0.2, 0.25) is 5.13 Å². The van der Waals surface area contributed by atoms with Crippen LogP contribution in [0.15, 0.2) is 31.6 Å². The van der Waals surface area contributed by atoms with Crippen molar-refractivity contribution in [2.45, 2.75) is 0 Å². The van der Waals surface area contributed by atoms with Gasteiger partial charge in [0.15, 0.2) is 0 Å². The molecule has 1 heterocycles. The summed E-state index contributed by atoms with van der Waals surface area (Å²) in [5.41, 5.74) is 9.08. The number of phenolic OH excluding ortho intramolecular Hbond substituents is 1. The molecule has 0 radical (unpaired) electrons. The fourth-order valence-electron chi connectivity index (χ4n) is 1.16. The lowest BCUT2D eigenvalue weighted by molar-refractivity contribution is 0.468. The first-order valence-corrected chi connectivity index (χ1v) is 7.21. The van der Waals surface area contributed by atoms with Crippen molar-refractivity contribution in [2.24, 2.45) is 5.10 Å². The number of nitrogens with one attached hydrogen (secondary N) is 1. The molecule has 0 aliphatic heterocycles. The van der Waals surface area contributed by atoms with Crippen molar-refractivity contribution >= 4 is 60.4 Å². The third-order valence-electron chi connectivity index (χ3n) is 1.93. The van der Waals surface area contributed by atoms with E-state index in [0.29, 0.717) is 19.9 Å². The zero-order chi connectivity index (χ0) is 13.1. The molecular formula is C10H8Br2N4OS. The Bertz CT molecular complexity index is 576. The molecule has 2 aromatic rings. The van der Waals surface area contributed by atoms with Gasteiger partial charge in [0, 0.05) is 5.38 Å². The molecule has 1 aromatic carbocycles. The topological polar surface area (TPSA) is 83.5 Å². The van der Waals surface area contributed by atoms with Gasteiger partial charge in [-0.1, -0.05) is 0 Å². The highest BCUT2D eigenvalue weighted by atomic mass is 79.9. The third kappa shape index (κ3) is 3.21. The summed E-state index contributed by atoms with van der Waals surface area (Å²) in [7, 11) is 0. The van der Waals surface area contributed by atoms with Crippen molar-refractivity contribution < 1.29 is 5.11 Å². The number of thiazole rings is 1. The fourth-order valence-corrected chi connectivity index (χ4v) is 2.93. The van der Waals surface area contributed by atoms with Crippen LogP contribution < -0.4 is 11.2 Å². The van der Waals surface area contributed by atoms with Gasteiger partial charge in [-0.25, -0.2) is 4.98 Å². The molecule has 0 saturated carbocycles. The van der Waals surface area contributed by atoms with Crippen molar-refractivity contribution in [3.8, 4) is 5.75 Å². The molecule has 94 valence electrons. The van der Waals surface area contributed by atoms with Gasteiger partial charge >= 0.3 is 0 Å². The van der Waals surface area contributed by atoms with Gasteiger partial charge in [0.25, 0.3) is 0 Å². The molecule has 8 heteroatoms. The highest BCUT2D eigenvalue weighted by molar-refractivity contribution is 9.11. The second-order valence-electron chi connectivity index (χ2n) is 3.28. The van der Waals surface area contributed by atoms with E-state index >= 15 is 0 Å². The van der Waals surface area contributed by atoms with E-state index in [2.05, 4.69) is 47.4 Å². The number of rotatable bonds is 3. The molecule has 0 fully saturated rings. The first-order chi connectivity index (χ1) is 8.56. The number of benzene rings is 1. The molecule has 0 atom stereocenters. The Kier molecular flexibility index (Phi) is 4.20. The lowest BCUT2D eigenvalue weighted by Gasteiger charge is -2.01. The number of hydrogen-bond donors (Lipinski definition) is 3. The number of hydrazone groups is 1. The number of nitrogens with two attached hydrogens (primary N) is 1. The highest BCUT2D eigenvalue weighted by Crippen LogP contribution is 2.32. The molecule has 0 bridgehead atoms. The van der Waals surface area contributed by atoms with E-state index in [1.807, 2.05) is 0 Å². The summed E-state index contributed by atoms with van der Waals surface area (Å²) in [4.78, 5) is 4.00. The molecule has 0 spiro atoms. The number of nitrogens with zero attached hydrogens (tertiary/aromatic N) is 2. The number of halogens is 2. The summed E-state index contributed by atoms with van der Waals surface area (Å²) >= 11 is 7.87. The molecule has 18 heavy (non-hydrogen) atoms.